The maximum atomic E-state index is 11.5. The predicted molar refractivity (Wildman–Crippen MR) is 57.7 cm³/mol. The molecule has 1 aliphatic heterocycles. The van der Waals surface area contributed by atoms with Crippen LogP contribution in [-0.4, -0.2) is 25.0 Å². The molecule has 0 bridgehead atoms. The van der Waals surface area contributed by atoms with E-state index in [9.17, 15) is 9.59 Å². The van der Waals surface area contributed by atoms with Gasteiger partial charge in [0.25, 0.3) is 0 Å². The summed E-state index contributed by atoms with van der Waals surface area (Å²) >= 11 is 0. The zero-order chi connectivity index (χ0) is 11.5. The van der Waals surface area contributed by atoms with Crippen molar-refractivity contribution in [3.63, 3.8) is 0 Å². The van der Waals surface area contributed by atoms with Crippen molar-refractivity contribution in [1.29, 1.82) is 0 Å². The summed E-state index contributed by atoms with van der Waals surface area (Å²) < 4.78 is 4.68. The molecule has 1 aromatic carbocycles. The van der Waals surface area contributed by atoms with E-state index < -0.39 is 6.04 Å². The molecule has 0 saturated carbocycles. The Morgan fingerprint density at radius 2 is 2.06 bits per heavy atom. The number of hydrogen-bond donors (Lipinski definition) is 1. The Morgan fingerprint density at radius 3 is 2.69 bits per heavy atom. The standard InChI is InChI=1S/C12H13NO3/c1-16-12(15)11-9(7-10(14)13-11)8-5-3-2-4-6-8/h2-6,9,11H,7H2,1H3,(H,13,14)/t9-,11-/m0/s1. The van der Waals surface area contributed by atoms with Gasteiger partial charge in [-0.05, 0) is 5.56 Å². The van der Waals surface area contributed by atoms with Crippen molar-refractivity contribution in [2.45, 2.75) is 18.4 Å². The van der Waals surface area contributed by atoms with E-state index in [1.165, 1.54) is 7.11 Å². The number of benzene rings is 1. The highest BCUT2D eigenvalue weighted by Gasteiger charge is 2.38. The third-order valence-electron chi connectivity index (χ3n) is 2.81. The topological polar surface area (TPSA) is 55.4 Å². The van der Waals surface area contributed by atoms with E-state index in [2.05, 4.69) is 10.1 Å². The molecule has 0 unspecified atom stereocenters. The van der Waals surface area contributed by atoms with Gasteiger partial charge in [-0.25, -0.2) is 4.79 Å². The second kappa shape index (κ2) is 4.35. The van der Waals surface area contributed by atoms with E-state index in [0.717, 1.165) is 5.56 Å². The molecule has 1 aliphatic rings. The quantitative estimate of drug-likeness (QED) is 0.750. The summed E-state index contributed by atoms with van der Waals surface area (Å²) in [7, 11) is 1.33. The molecule has 2 atom stereocenters. The van der Waals surface area contributed by atoms with Gasteiger partial charge in [0.05, 0.1) is 7.11 Å². The van der Waals surface area contributed by atoms with Crippen LogP contribution in [0.2, 0.25) is 0 Å². The van der Waals surface area contributed by atoms with Crippen molar-refractivity contribution in [3.05, 3.63) is 35.9 Å². The molecule has 0 aromatic heterocycles. The second-order valence-electron chi connectivity index (χ2n) is 3.79. The maximum absolute atomic E-state index is 11.5. The fourth-order valence-corrected chi connectivity index (χ4v) is 2.01. The van der Waals surface area contributed by atoms with Gasteiger partial charge in [-0.3, -0.25) is 4.79 Å². The van der Waals surface area contributed by atoms with Crippen LogP contribution in [0.25, 0.3) is 0 Å². The molecule has 2 rings (SSSR count). The van der Waals surface area contributed by atoms with E-state index in [4.69, 9.17) is 0 Å². The highest BCUT2D eigenvalue weighted by atomic mass is 16.5. The van der Waals surface area contributed by atoms with Gasteiger partial charge in [0, 0.05) is 12.3 Å². The fourth-order valence-electron chi connectivity index (χ4n) is 2.01. The Hall–Kier alpha value is -1.84. The Kier molecular flexibility index (Phi) is 2.90. The molecule has 0 aliphatic carbocycles. The van der Waals surface area contributed by atoms with Crippen LogP contribution < -0.4 is 5.32 Å². The van der Waals surface area contributed by atoms with Gasteiger partial charge in [-0.1, -0.05) is 30.3 Å². The Bertz CT molecular complexity index is 402. The molecule has 4 heteroatoms. The van der Waals surface area contributed by atoms with Crippen molar-refractivity contribution < 1.29 is 14.3 Å². The average Bonchev–Trinajstić information content (AvgIpc) is 2.71. The minimum absolute atomic E-state index is 0.107. The third kappa shape index (κ3) is 1.91. The van der Waals surface area contributed by atoms with E-state index in [1.54, 1.807) is 0 Å². The van der Waals surface area contributed by atoms with Crippen LogP contribution >= 0.6 is 0 Å². The summed E-state index contributed by atoms with van der Waals surface area (Å²) in [6, 6.07) is 8.97. The van der Waals surface area contributed by atoms with Gasteiger partial charge in [0.15, 0.2) is 0 Å². The molecule has 1 heterocycles. The van der Waals surface area contributed by atoms with Crippen LogP contribution in [0.15, 0.2) is 30.3 Å². The lowest BCUT2D eigenvalue weighted by atomic mass is 9.92. The van der Waals surface area contributed by atoms with E-state index >= 15 is 0 Å². The Balaban J connectivity index is 2.26. The fraction of sp³-hybridized carbons (Fsp3) is 0.333. The zero-order valence-corrected chi connectivity index (χ0v) is 8.97. The first kappa shape index (κ1) is 10.7. The predicted octanol–water partition coefficient (Wildman–Crippen LogP) is 0.832. The van der Waals surface area contributed by atoms with Gasteiger partial charge in [-0.2, -0.15) is 0 Å². The molecular formula is C12H13NO3. The number of ether oxygens (including phenoxy) is 1. The highest BCUT2D eigenvalue weighted by Crippen LogP contribution is 2.28. The number of amides is 1. The molecule has 1 N–H and O–H groups in total. The van der Waals surface area contributed by atoms with Crippen molar-refractivity contribution in [2.24, 2.45) is 0 Å². The smallest absolute Gasteiger partial charge is 0.329 e. The van der Waals surface area contributed by atoms with Gasteiger partial charge < -0.3 is 10.1 Å². The van der Waals surface area contributed by atoms with Crippen molar-refractivity contribution >= 4 is 11.9 Å². The number of carbonyl (C=O) groups is 2. The highest BCUT2D eigenvalue weighted by molar-refractivity contribution is 5.90. The minimum Gasteiger partial charge on any atom is -0.467 e. The molecule has 16 heavy (non-hydrogen) atoms. The number of hydrogen-bond acceptors (Lipinski definition) is 3. The Labute approximate surface area is 93.6 Å². The van der Waals surface area contributed by atoms with Gasteiger partial charge in [-0.15, -0.1) is 0 Å². The third-order valence-corrected chi connectivity index (χ3v) is 2.81. The largest absolute Gasteiger partial charge is 0.467 e. The SMILES string of the molecule is COC(=O)[C@H]1NC(=O)C[C@H]1c1ccccc1. The van der Waals surface area contributed by atoms with Crippen molar-refractivity contribution in [2.75, 3.05) is 7.11 Å². The lowest BCUT2D eigenvalue weighted by Gasteiger charge is -2.16. The molecule has 0 spiro atoms. The van der Waals surface area contributed by atoms with E-state index in [1.807, 2.05) is 30.3 Å². The van der Waals surface area contributed by atoms with Crippen LogP contribution in [0.5, 0.6) is 0 Å². The molecule has 0 radical (unpaired) electrons. The molecule has 1 fully saturated rings. The molecule has 1 aromatic rings. The van der Waals surface area contributed by atoms with Gasteiger partial charge in [0.2, 0.25) is 5.91 Å². The summed E-state index contributed by atoms with van der Waals surface area (Å²) in [5, 5.41) is 2.64. The van der Waals surface area contributed by atoms with Crippen LogP contribution in [0.4, 0.5) is 0 Å². The van der Waals surface area contributed by atoms with Gasteiger partial charge in [0.1, 0.15) is 6.04 Å². The number of methoxy groups -OCH3 is 1. The maximum Gasteiger partial charge on any atom is 0.329 e. The summed E-state index contributed by atoms with van der Waals surface area (Å²) in [6.07, 6.45) is 0.337. The lowest BCUT2D eigenvalue weighted by molar-refractivity contribution is -0.143. The minimum atomic E-state index is -0.556. The van der Waals surface area contributed by atoms with Crippen LogP contribution in [0, 0.1) is 0 Å². The number of esters is 1. The first-order valence-electron chi connectivity index (χ1n) is 5.14. The summed E-state index contributed by atoms with van der Waals surface area (Å²) in [4.78, 5) is 22.8. The number of carbonyl (C=O) groups excluding carboxylic acids is 2. The monoisotopic (exact) mass is 219 g/mol. The molecule has 1 saturated heterocycles. The molecule has 4 nitrogen and oxygen atoms in total. The second-order valence-corrected chi connectivity index (χ2v) is 3.79. The zero-order valence-electron chi connectivity index (χ0n) is 8.97. The normalized spacial score (nSPS) is 23.9. The van der Waals surface area contributed by atoms with E-state index in [-0.39, 0.29) is 17.8 Å². The van der Waals surface area contributed by atoms with Crippen LogP contribution in [0.1, 0.15) is 17.9 Å². The first-order valence-corrected chi connectivity index (χ1v) is 5.14. The summed E-state index contributed by atoms with van der Waals surface area (Å²) in [6.45, 7) is 0. The lowest BCUT2D eigenvalue weighted by Crippen LogP contribution is -2.37. The molecule has 1 amide bonds. The van der Waals surface area contributed by atoms with Crippen LogP contribution in [0.3, 0.4) is 0 Å². The average molecular weight is 219 g/mol. The van der Waals surface area contributed by atoms with Crippen molar-refractivity contribution in [3.8, 4) is 0 Å². The van der Waals surface area contributed by atoms with E-state index in [0.29, 0.717) is 6.42 Å². The number of rotatable bonds is 2. The summed E-state index contributed by atoms with van der Waals surface area (Å²) in [5.41, 5.74) is 0.983. The van der Waals surface area contributed by atoms with Crippen LogP contribution in [-0.2, 0) is 14.3 Å². The Morgan fingerprint density at radius 1 is 1.38 bits per heavy atom. The van der Waals surface area contributed by atoms with Crippen molar-refractivity contribution in [1.82, 2.24) is 5.32 Å². The molecule has 84 valence electrons. The first-order chi connectivity index (χ1) is 7.72. The summed E-state index contributed by atoms with van der Waals surface area (Å²) in [5.74, 6) is -0.620. The van der Waals surface area contributed by atoms with Gasteiger partial charge >= 0.3 is 5.97 Å². The number of nitrogens with one attached hydrogen (secondary N) is 1. The molecular weight excluding hydrogens is 206 g/mol.